The number of nitrogens with zero attached hydrogens (tertiary/aromatic N) is 3. The molecule has 30 heavy (non-hydrogen) atoms. The van der Waals surface area contributed by atoms with Crippen LogP contribution in [-0.2, 0) is 14.8 Å². The van der Waals surface area contributed by atoms with Crippen molar-refractivity contribution in [2.24, 2.45) is 0 Å². The largest absolute Gasteiger partial charge is 0.338 e. The van der Waals surface area contributed by atoms with Gasteiger partial charge in [0.15, 0.2) is 0 Å². The molecule has 1 fully saturated rings. The van der Waals surface area contributed by atoms with Crippen LogP contribution >= 0.6 is 0 Å². The fourth-order valence-electron chi connectivity index (χ4n) is 3.58. The van der Waals surface area contributed by atoms with Gasteiger partial charge in [-0.1, -0.05) is 30.3 Å². The van der Waals surface area contributed by atoms with Crippen LogP contribution in [0.15, 0.2) is 59.5 Å². The Balaban J connectivity index is 1.59. The Hall–Kier alpha value is -2.29. The minimum absolute atomic E-state index is 0.00111. The Bertz CT molecular complexity index is 951. The first-order valence-electron chi connectivity index (χ1n) is 10.1. The maximum absolute atomic E-state index is 13.1. The lowest BCUT2D eigenvalue weighted by Crippen LogP contribution is -2.41. The Kier molecular flexibility index (Phi) is 7.23. The molecule has 1 amide bonds. The molecule has 0 aliphatic carbocycles. The van der Waals surface area contributed by atoms with Crippen LogP contribution < -0.4 is 0 Å². The quantitative estimate of drug-likeness (QED) is 0.703. The van der Waals surface area contributed by atoms with Crippen LogP contribution in [0.25, 0.3) is 0 Å². The van der Waals surface area contributed by atoms with Crippen molar-refractivity contribution in [3.8, 4) is 0 Å². The average molecular weight is 434 g/mol. The fraction of sp³-hybridized carbons (Fsp3) is 0.409. The van der Waals surface area contributed by atoms with Crippen LogP contribution in [0.2, 0.25) is 0 Å². The van der Waals surface area contributed by atoms with E-state index in [0.717, 1.165) is 17.7 Å². The molecule has 0 N–H and O–H groups in total. The summed E-state index contributed by atoms with van der Waals surface area (Å²) in [6.45, 7) is 4.03. The number of carbonyl (C=O) groups excluding carboxylic acids is 1. The highest BCUT2D eigenvalue weighted by Crippen LogP contribution is 2.20. The Morgan fingerprint density at radius 2 is 1.70 bits per heavy atom. The maximum atomic E-state index is 13.1. The van der Waals surface area contributed by atoms with Crippen LogP contribution in [-0.4, -0.2) is 68.2 Å². The molecule has 0 bridgehead atoms. The van der Waals surface area contributed by atoms with Crippen molar-refractivity contribution in [1.82, 2.24) is 14.1 Å². The van der Waals surface area contributed by atoms with Crippen molar-refractivity contribution in [2.45, 2.75) is 24.3 Å². The zero-order valence-electron chi connectivity index (χ0n) is 17.4. The zero-order chi connectivity index (χ0) is 21.7. The second-order valence-electron chi connectivity index (χ2n) is 7.58. The van der Waals surface area contributed by atoms with Gasteiger partial charge in [0.2, 0.25) is 15.9 Å². The third-order valence-electron chi connectivity index (χ3n) is 5.61. The highest BCUT2D eigenvalue weighted by Gasteiger charge is 2.28. The van der Waals surface area contributed by atoms with Gasteiger partial charge in [0.05, 0.1) is 17.5 Å². The van der Waals surface area contributed by atoms with Crippen LogP contribution in [0, 0.1) is 5.82 Å². The summed E-state index contributed by atoms with van der Waals surface area (Å²) in [5, 5.41) is 0. The van der Waals surface area contributed by atoms with E-state index in [0.29, 0.717) is 32.6 Å². The van der Waals surface area contributed by atoms with E-state index in [1.165, 1.54) is 16.4 Å². The van der Waals surface area contributed by atoms with Gasteiger partial charge in [-0.2, -0.15) is 4.31 Å². The summed E-state index contributed by atoms with van der Waals surface area (Å²) in [7, 11) is -1.88. The van der Waals surface area contributed by atoms with Gasteiger partial charge in [0.25, 0.3) is 0 Å². The molecule has 0 aromatic heterocycles. The van der Waals surface area contributed by atoms with Crippen LogP contribution in [0.1, 0.15) is 24.9 Å². The molecule has 0 saturated carbocycles. The van der Waals surface area contributed by atoms with E-state index in [9.17, 15) is 17.6 Å². The molecule has 1 atom stereocenters. The molecule has 1 aliphatic heterocycles. The van der Waals surface area contributed by atoms with Crippen molar-refractivity contribution >= 4 is 15.9 Å². The lowest BCUT2D eigenvalue weighted by atomic mass is 10.1. The number of amides is 1. The van der Waals surface area contributed by atoms with E-state index >= 15 is 0 Å². The molecule has 8 heteroatoms. The first kappa shape index (κ1) is 22.4. The second kappa shape index (κ2) is 9.68. The van der Waals surface area contributed by atoms with Gasteiger partial charge in [0.1, 0.15) is 5.82 Å². The van der Waals surface area contributed by atoms with Gasteiger partial charge in [-0.05, 0) is 49.7 Å². The highest BCUT2D eigenvalue weighted by molar-refractivity contribution is 7.89. The van der Waals surface area contributed by atoms with Crippen LogP contribution in [0.4, 0.5) is 4.39 Å². The zero-order valence-corrected chi connectivity index (χ0v) is 18.2. The minimum atomic E-state index is -3.68. The maximum Gasteiger partial charge on any atom is 0.243 e. The molecular formula is C22H28FN3O3S. The fourth-order valence-corrected chi connectivity index (χ4v) is 5.04. The summed E-state index contributed by atoms with van der Waals surface area (Å²) in [5.41, 5.74) is 1.07. The lowest BCUT2D eigenvalue weighted by Gasteiger charge is -2.28. The Labute approximate surface area is 177 Å². The van der Waals surface area contributed by atoms with Crippen molar-refractivity contribution in [3.63, 3.8) is 0 Å². The number of halogens is 1. The summed E-state index contributed by atoms with van der Waals surface area (Å²) in [5.74, 6) is -0.468. The van der Waals surface area contributed by atoms with E-state index in [-0.39, 0.29) is 23.4 Å². The number of carbonyl (C=O) groups is 1. The SMILES string of the molecule is C[C@@H](c1ccccc1)N(C)C(=O)CN1CCCN(S(=O)(=O)c2ccc(F)cc2)CC1. The van der Waals surface area contributed by atoms with E-state index in [2.05, 4.69) is 0 Å². The molecule has 162 valence electrons. The monoisotopic (exact) mass is 433 g/mol. The smallest absolute Gasteiger partial charge is 0.243 e. The molecule has 2 aromatic carbocycles. The number of hydrogen-bond acceptors (Lipinski definition) is 4. The minimum Gasteiger partial charge on any atom is -0.338 e. The molecule has 0 spiro atoms. The summed E-state index contributed by atoms with van der Waals surface area (Å²) in [6, 6.07) is 14.7. The summed E-state index contributed by atoms with van der Waals surface area (Å²) in [4.78, 5) is 16.6. The molecule has 2 aromatic rings. The molecule has 0 unspecified atom stereocenters. The third kappa shape index (κ3) is 5.24. The first-order valence-corrected chi connectivity index (χ1v) is 11.5. The van der Waals surface area contributed by atoms with Gasteiger partial charge in [-0.15, -0.1) is 0 Å². The van der Waals surface area contributed by atoms with Gasteiger partial charge < -0.3 is 4.90 Å². The van der Waals surface area contributed by atoms with Gasteiger partial charge in [-0.3, -0.25) is 9.69 Å². The van der Waals surface area contributed by atoms with Crippen molar-refractivity contribution in [3.05, 3.63) is 66.0 Å². The van der Waals surface area contributed by atoms with E-state index in [1.807, 2.05) is 42.2 Å². The molecule has 1 heterocycles. The topological polar surface area (TPSA) is 60.9 Å². The van der Waals surface area contributed by atoms with E-state index in [4.69, 9.17) is 0 Å². The van der Waals surface area contributed by atoms with Crippen LogP contribution in [0.5, 0.6) is 0 Å². The first-order chi connectivity index (χ1) is 14.3. The molecule has 3 rings (SSSR count). The predicted octanol–water partition coefficient (Wildman–Crippen LogP) is 2.74. The predicted molar refractivity (Wildman–Crippen MR) is 114 cm³/mol. The van der Waals surface area contributed by atoms with E-state index < -0.39 is 15.8 Å². The van der Waals surface area contributed by atoms with Gasteiger partial charge >= 0.3 is 0 Å². The highest BCUT2D eigenvalue weighted by atomic mass is 32.2. The molecule has 6 nitrogen and oxygen atoms in total. The van der Waals surface area contributed by atoms with Crippen molar-refractivity contribution in [2.75, 3.05) is 39.8 Å². The summed E-state index contributed by atoms with van der Waals surface area (Å²) >= 11 is 0. The molecular weight excluding hydrogens is 405 g/mol. The number of likely N-dealkylation sites (N-methyl/N-ethyl adjacent to an activating group) is 1. The van der Waals surface area contributed by atoms with Crippen molar-refractivity contribution < 1.29 is 17.6 Å². The van der Waals surface area contributed by atoms with E-state index in [1.54, 1.807) is 11.9 Å². The standard InChI is InChI=1S/C22H28FN3O3S/c1-18(19-7-4-3-5-8-19)24(2)22(27)17-25-13-6-14-26(16-15-25)30(28,29)21-11-9-20(23)10-12-21/h3-5,7-12,18H,6,13-17H2,1-2H3/t18-/m0/s1. The van der Waals surface area contributed by atoms with Gasteiger partial charge in [-0.25, -0.2) is 12.8 Å². The number of rotatable bonds is 6. The molecule has 0 radical (unpaired) electrons. The van der Waals surface area contributed by atoms with Crippen LogP contribution in [0.3, 0.4) is 0 Å². The molecule has 1 saturated heterocycles. The average Bonchev–Trinajstić information content (AvgIpc) is 2.99. The molecule has 1 aliphatic rings. The normalized spacial score (nSPS) is 17.3. The summed E-state index contributed by atoms with van der Waals surface area (Å²) in [6.07, 6.45) is 0.631. The number of sulfonamides is 1. The Morgan fingerprint density at radius 1 is 1.03 bits per heavy atom. The van der Waals surface area contributed by atoms with Crippen molar-refractivity contribution in [1.29, 1.82) is 0 Å². The Morgan fingerprint density at radius 3 is 2.37 bits per heavy atom. The second-order valence-corrected chi connectivity index (χ2v) is 9.52. The number of benzene rings is 2. The number of hydrogen-bond donors (Lipinski definition) is 0. The summed E-state index contributed by atoms with van der Waals surface area (Å²) < 4.78 is 40.2. The third-order valence-corrected chi connectivity index (χ3v) is 7.53. The lowest BCUT2D eigenvalue weighted by molar-refractivity contribution is -0.133. The van der Waals surface area contributed by atoms with Gasteiger partial charge in [0, 0.05) is 26.7 Å².